The molecular formula is C17H15BrClNO4. The molecule has 126 valence electrons. The van der Waals surface area contributed by atoms with E-state index in [0.29, 0.717) is 28.2 Å². The van der Waals surface area contributed by atoms with Crippen molar-refractivity contribution >= 4 is 33.4 Å². The van der Waals surface area contributed by atoms with Gasteiger partial charge in [-0.3, -0.25) is 4.79 Å². The highest BCUT2D eigenvalue weighted by molar-refractivity contribution is 9.10. The summed E-state index contributed by atoms with van der Waals surface area (Å²) in [5.41, 5.74) is 1.07. The van der Waals surface area contributed by atoms with E-state index in [0.717, 1.165) is 17.1 Å². The minimum absolute atomic E-state index is 0.0542. The maximum absolute atomic E-state index is 11.8. The molecule has 1 aliphatic heterocycles. The number of hydrogen-bond acceptors (Lipinski definition) is 4. The number of carbonyl (C=O) groups is 1. The average molecular weight is 413 g/mol. The van der Waals surface area contributed by atoms with Crippen LogP contribution >= 0.6 is 27.5 Å². The van der Waals surface area contributed by atoms with Crippen molar-refractivity contribution in [3.63, 3.8) is 0 Å². The van der Waals surface area contributed by atoms with E-state index in [2.05, 4.69) is 21.2 Å². The van der Waals surface area contributed by atoms with Gasteiger partial charge in [0.25, 0.3) is 5.91 Å². The predicted molar refractivity (Wildman–Crippen MR) is 93.9 cm³/mol. The Morgan fingerprint density at radius 2 is 2.04 bits per heavy atom. The fourth-order valence-electron chi connectivity index (χ4n) is 2.23. The minimum Gasteiger partial charge on any atom is -0.483 e. The van der Waals surface area contributed by atoms with Crippen LogP contribution in [0.5, 0.6) is 17.2 Å². The van der Waals surface area contributed by atoms with Gasteiger partial charge in [-0.25, -0.2) is 0 Å². The molecule has 1 N–H and O–H groups in total. The smallest absolute Gasteiger partial charge is 0.257 e. The van der Waals surface area contributed by atoms with Crippen LogP contribution in [0.25, 0.3) is 0 Å². The molecule has 0 saturated heterocycles. The van der Waals surface area contributed by atoms with Crippen LogP contribution in [0.2, 0.25) is 5.02 Å². The predicted octanol–water partition coefficient (Wildman–Crippen LogP) is 3.57. The lowest BCUT2D eigenvalue weighted by Gasteiger charge is -2.09. The van der Waals surface area contributed by atoms with Crippen molar-refractivity contribution in [2.24, 2.45) is 0 Å². The molecule has 2 aromatic rings. The molecule has 0 aromatic heterocycles. The molecule has 0 unspecified atom stereocenters. The van der Waals surface area contributed by atoms with Gasteiger partial charge in [-0.15, -0.1) is 0 Å². The molecule has 24 heavy (non-hydrogen) atoms. The van der Waals surface area contributed by atoms with Crippen molar-refractivity contribution in [2.45, 2.75) is 6.42 Å². The van der Waals surface area contributed by atoms with Crippen molar-refractivity contribution in [1.29, 1.82) is 0 Å². The van der Waals surface area contributed by atoms with E-state index in [1.165, 1.54) is 0 Å². The van der Waals surface area contributed by atoms with Gasteiger partial charge < -0.3 is 19.5 Å². The van der Waals surface area contributed by atoms with E-state index >= 15 is 0 Å². The van der Waals surface area contributed by atoms with E-state index in [4.69, 9.17) is 25.8 Å². The van der Waals surface area contributed by atoms with Crippen molar-refractivity contribution in [3.8, 4) is 17.2 Å². The molecular weight excluding hydrogens is 398 g/mol. The highest BCUT2D eigenvalue weighted by Crippen LogP contribution is 2.32. The van der Waals surface area contributed by atoms with Crippen molar-refractivity contribution in [3.05, 3.63) is 51.5 Å². The third-order valence-electron chi connectivity index (χ3n) is 3.43. The highest BCUT2D eigenvalue weighted by Gasteiger charge is 2.13. The van der Waals surface area contributed by atoms with Crippen LogP contribution in [0.4, 0.5) is 0 Å². The summed E-state index contributed by atoms with van der Waals surface area (Å²) in [6.07, 6.45) is 0.701. The quantitative estimate of drug-likeness (QED) is 0.788. The van der Waals surface area contributed by atoms with E-state index in [-0.39, 0.29) is 19.3 Å². The highest BCUT2D eigenvalue weighted by atomic mass is 79.9. The van der Waals surface area contributed by atoms with Crippen LogP contribution in [0, 0.1) is 0 Å². The van der Waals surface area contributed by atoms with Crippen molar-refractivity contribution in [1.82, 2.24) is 5.32 Å². The summed E-state index contributed by atoms with van der Waals surface area (Å²) in [5.74, 6) is 1.89. The second-order valence-electron chi connectivity index (χ2n) is 5.15. The standard InChI is InChI=1S/C17H15BrClNO4/c18-13-8-12(19)2-4-14(13)22-9-17(21)20-6-5-11-1-3-15-16(7-11)24-10-23-15/h1-4,7-8H,5-6,9-10H2,(H,20,21). The number of halogens is 2. The number of hydrogen-bond donors (Lipinski definition) is 1. The normalized spacial score (nSPS) is 12.1. The molecule has 0 radical (unpaired) electrons. The van der Waals surface area contributed by atoms with Crippen LogP contribution in [0.1, 0.15) is 5.56 Å². The summed E-state index contributed by atoms with van der Waals surface area (Å²) in [7, 11) is 0. The van der Waals surface area contributed by atoms with Crippen LogP contribution in [0.3, 0.4) is 0 Å². The third kappa shape index (κ3) is 4.33. The maximum Gasteiger partial charge on any atom is 0.257 e. The second kappa shape index (κ2) is 7.77. The fourth-order valence-corrected chi connectivity index (χ4v) is 3.03. The Balaban J connectivity index is 1.42. The molecule has 7 heteroatoms. The summed E-state index contributed by atoms with van der Waals surface area (Å²) >= 11 is 9.20. The van der Waals surface area contributed by atoms with Gasteiger partial charge in [0, 0.05) is 11.6 Å². The summed E-state index contributed by atoms with van der Waals surface area (Å²) in [6.45, 7) is 0.720. The number of nitrogens with one attached hydrogen (secondary N) is 1. The number of amides is 1. The first kappa shape index (κ1) is 16.9. The molecule has 1 heterocycles. The monoisotopic (exact) mass is 411 g/mol. The Labute approximate surface area is 153 Å². The van der Waals surface area contributed by atoms with Crippen LogP contribution in [0.15, 0.2) is 40.9 Å². The van der Waals surface area contributed by atoms with E-state index in [1.54, 1.807) is 18.2 Å². The summed E-state index contributed by atoms with van der Waals surface area (Å²) in [6, 6.07) is 10.9. The molecule has 0 atom stereocenters. The molecule has 0 saturated carbocycles. The zero-order valence-corrected chi connectivity index (χ0v) is 15.0. The summed E-state index contributed by atoms with van der Waals surface area (Å²) < 4.78 is 16.8. The Hall–Kier alpha value is -1.92. The van der Waals surface area contributed by atoms with E-state index in [1.807, 2.05) is 18.2 Å². The number of benzene rings is 2. The molecule has 5 nitrogen and oxygen atoms in total. The number of fused-ring (bicyclic) bond motifs is 1. The topological polar surface area (TPSA) is 56.8 Å². The fraction of sp³-hybridized carbons (Fsp3) is 0.235. The Kier molecular flexibility index (Phi) is 5.48. The van der Waals surface area contributed by atoms with Gasteiger partial charge in [0.05, 0.1) is 4.47 Å². The lowest BCUT2D eigenvalue weighted by atomic mass is 10.1. The zero-order valence-electron chi connectivity index (χ0n) is 12.7. The molecule has 0 aliphatic carbocycles. The zero-order chi connectivity index (χ0) is 16.9. The summed E-state index contributed by atoms with van der Waals surface area (Å²) in [5, 5.41) is 3.42. The Morgan fingerprint density at radius 3 is 2.88 bits per heavy atom. The molecule has 1 amide bonds. The third-order valence-corrected chi connectivity index (χ3v) is 4.28. The van der Waals surface area contributed by atoms with Gasteiger partial charge in [-0.2, -0.15) is 0 Å². The van der Waals surface area contributed by atoms with Gasteiger partial charge in [-0.05, 0) is 58.2 Å². The maximum atomic E-state index is 11.8. The SMILES string of the molecule is O=C(COc1ccc(Cl)cc1Br)NCCc1ccc2c(c1)OCO2. The van der Waals surface area contributed by atoms with Crippen LogP contribution in [-0.4, -0.2) is 25.9 Å². The summed E-state index contributed by atoms with van der Waals surface area (Å²) in [4.78, 5) is 11.8. The minimum atomic E-state index is -0.183. The first-order valence-electron chi connectivity index (χ1n) is 7.35. The molecule has 0 spiro atoms. The molecule has 3 rings (SSSR count). The second-order valence-corrected chi connectivity index (χ2v) is 6.44. The largest absolute Gasteiger partial charge is 0.483 e. The van der Waals surface area contributed by atoms with Crippen molar-refractivity contribution < 1.29 is 19.0 Å². The average Bonchev–Trinajstić information content (AvgIpc) is 3.02. The molecule has 0 bridgehead atoms. The number of ether oxygens (including phenoxy) is 3. The van der Waals surface area contributed by atoms with Gasteiger partial charge in [0.2, 0.25) is 6.79 Å². The van der Waals surface area contributed by atoms with Crippen LogP contribution in [-0.2, 0) is 11.2 Å². The van der Waals surface area contributed by atoms with Crippen molar-refractivity contribution in [2.75, 3.05) is 19.9 Å². The number of rotatable bonds is 6. The Bertz CT molecular complexity index is 753. The van der Waals surface area contributed by atoms with Gasteiger partial charge >= 0.3 is 0 Å². The molecule has 0 fully saturated rings. The Morgan fingerprint density at radius 1 is 1.21 bits per heavy atom. The van der Waals surface area contributed by atoms with Gasteiger partial charge in [0.1, 0.15) is 5.75 Å². The molecule has 2 aromatic carbocycles. The first-order chi connectivity index (χ1) is 11.6. The van der Waals surface area contributed by atoms with Gasteiger partial charge in [-0.1, -0.05) is 17.7 Å². The molecule has 1 aliphatic rings. The van der Waals surface area contributed by atoms with E-state index < -0.39 is 0 Å². The lowest BCUT2D eigenvalue weighted by molar-refractivity contribution is -0.123. The van der Waals surface area contributed by atoms with E-state index in [9.17, 15) is 4.79 Å². The lowest BCUT2D eigenvalue weighted by Crippen LogP contribution is -2.30. The first-order valence-corrected chi connectivity index (χ1v) is 8.52. The van der Waals surface area contributed by atoms with Gasteiger partial charge in [0.15, 0.2) is 18.1 Å². The van der Waals surface area contributed by atoms with Crippen LogP contribution < -0.4 is 19.5 Å². The number of carbonyl (C=O) groups excluding carboxylic acids is 1.